The predicted molar refractivity (Wildman–Crippen MR) is 67.4 cm³/mol. The van der Waals surface area contributed by atoms with E-state index in [0.717, 1.165) is 6.42 Å². The van der Waals surface area contributed by atoms with E-state index in [1.165, 1.54) is 32.4 Å². The van der Waals surface area contributed by atoms with Gasteiger partial charge in [0.1, 0.15) is 6.54 Å². The molecule has 0 fully saturated rings. The topological polar surface area (TPSA) is 55.4 Å². The maximum Gasteiger partial charge on any atom is 0.325 e. The van der Waals surface area contributed by atoms with Gasteiger partial charge in [-0.2, -0.15) is 0 Å². The maximum absolute atomic E-state index is 11.2. The van der Waals surface area contributed by atoms with Crippen molar-refractivity contribution in [2.75, 3.05) is 13.7 Å². The van der Waals surface area contributed by atoms with Crippen LogP contribution >= 0.6 is 0 Å². The molecule has 0 aliphatic heterocycles. The molecular weight excluding hydrogens is 218 g/mol. The van der Waals surface area contributed by atoms with Gasteiger partial charge in [-0.1, -0.05) is 38.0 Å². The molecule has 1 amide bonds. The van der Waals surface area contributed by atoms with Crippen molar-refractivity contribution in [3.8, 4) is 0 Å². The van der Waals surface area contributed by atoms with Crippen molar-refractivity contribution in [2.24, 2.45) is 0 Å². The number of rotatable bonds is 8. The van der Waals surface area contributed by atoms with Crippen molar-refractivity contribution in [1.82, 2.24) is 5.32 Å². The Kier molecular flexibility index (Phi) is 9.91. The Balaban J connectivity index is 3.62. The van der Waals surface area contributed by atoms with E-state index in [-0.39, 0.29) is 12.5 Å². The van der Waals surface area contributed by atoms with Crippen molar-refractivity contribution >= 4 is 11.9 Å². The van der Waals surface area contributed by atoms with Crippen LogP contribution in [0.2, 0.25) is 0 Å². The molecule has 96 valence electrons. The summed E-state index contributed by atoms with van der Waals surface area (Å²) >= 11 is 0. The largest absolute Gasteiger partial charge is 0.468 e. The van der Waals surface area contributed by atoms with Crippen LogP contribution in [0.4, 0.5) is 0 Å². The van der Waals surface area contributed by atoms with E-state index < -0.39 is 5.97 Å². The Morgan fingerprint density at radius 2 is 2.00 bits per heavy atom. The highest BCUT2D eigenvalue weighted by atomic mass is 16.5. The van der Waals surface area contributed by atoms with Gasteiger partial charge in [0.25, 0.3) is 0 Å². The molecule has 0 atom stereocenters. The number of allylic oxidation sites excluding steroid dienone is 3. The van der Waals surface area contributed by atoms with E-state index in [9.17, 15) is 9.59 Å². The van der Waals surface area contributed by atoms with Crippen LogP contribution in [0.1, 0.15) is 32.6 Å². The smallest absolute Gasteiger partial charge is 0.325 e. The summed E-state index contributed by atoms with van der Waals surface area (Å²) in [5.41, 5.74) is 0. The highest BCUT2D eigenvalue weighted by molar-refractivity contribution is 5.90. The Hall–Kier alpha value is -1.58. The minimum atomic E-state index is -0.457. The van der Waals surface area contributed by atoms with Crippen molar-refractivity contribution in [1.29, 1.82) is 0 Å². The molecule has 0 aliphatic rings. The first-order chi connectivity index (χ1) is 8.20. The molecular formula is C13H21NO3. The molecule has 0 aromatic carbocycles. The third-order valence-corrected chi connectivity index (χ3v) is 2.10. The fourth-order valence-corrected chi connectivity index (χ4v) is 1.12. The number of methoxy groups -OCH3 is 1. The van der Waals surface area contributed by atoms with E-state index in [1.807, 2.05) is 12.2 Å². The molecule has 0 saturated heterocycles. The van der Waals surface area contributed by atoms with Crippen LogP contribution in [-0.4, -0.2) is 25.5 Å². The first kappa shape index (κ1) is 15.4. The molecule has 0 heterocycles. The molecule has 0 aromatic rings. The zero-order valence-electron chi connectivity index (χ0n) is 10.6. The number of ether oxygens (including phenoxy) is 1. The second-order valence-electron chi connectivity index (χ2n) is 3.58. The summed E-state index contributed by atoms with van der Waals surface area (Å²) in [5, 5.41) is 2.41. The summed E-state index contributed by atoms with van der Waals surface area (Å²) < 4.78 is 4.39. The summed E-state index contributed by atoms with van der Waals surface area (Å²) in [7, 11) is 1.28. The van der Waals surface area contributed by atoms with E-state index >= 15 is 0 Å². The number of unbranched alkanes of at least 4 members (excludes halogenated alkanes) is 3. The lowest BCUT2D eigenvalue weighted by molar-refractivity contribution is -0.140. The van der Waals surface area contributed by atoms with E-state index in [1.54, 1.807) is 6.08 Å². The van der Waals surface area contributed by atoms with Gasteiger partial charge in [-0.05, 0) is 12.8 Å². The minimum Gasteiger partial charge on any atom is -0.468 e. The van der Waals surface area contributed by atoms with E-state index in [0.29, 0.717) is 0 Å². The van der Waals surface area contributed by atoms with Gasteiger partial charge >= 0.3 is 5.97 Å². The van der Waals surface area contributed by atoms with Crippen LogP contribution in [-0.2, 0) is 14.3 Å². The lowest BCUT2D eigenvalue weighted by Crippen LogP contribution is -2.28. The van der Waals surface area contributed by atoms with E-state index in [2.05, 4.69) is 17.0 Å². The van der Waals surface area contributed by atoms with Gasteiger partial charge in [0, 0.05) is 6.08 Å². The Bertz CT molecular complexity index is 282. The Morgan fingerprint density at radius 1 is 1.24 bits per heavy atom. The number of nitrogens with one attached hydrogen (secondary N) is 1. The van der Waals surface area contributed by atoms with Gasteiger partial charge in [0.2, 0.25) is 5.91 Å². The number of carbonyl (C=O) groups is 2. The summed E-state index contributed by atoms with van der Waals surface area (Å²) in [6.45, 7) is 2.06. The summed E-state index contributed by atoms with van der Waals surface area (Å²) in [6, 6.07) is 0. The summed E-state index contributed by atoms with van der Waals surface area (Å²) in [5.74, 6) is -0.754. The average Bonchev–Trinajstić information content (AvgIpc) is 2.34. The fraction of sp³-hybridized carbons (Fsp3) is 0.538. The molecule has 0 rings (SSSR count). The summed E-state index contributed by atoms with van der Waals surface area (Å²) in [4.78, 5) is 21.9. The van der Waals surface area contributed by atoms with Crippen LogP contribution in [0.25, 0.3) is 0 Å². The van der Waals surface area contributed by atoms with Gasteiger partial charge < -0.3 is 10.1 Å². The van der Waals surface area contributed by atoms with Gasteiger partial charge in [-0.15, -0.1) is 0 Å². The molecule has 4 nitrogen and oxygen atoms in total. The van der Waals surface area contributed by atoms with Crippen molar-refractivity contribution in [2.45, 2.75) is 32.6 Å². The number of esters is 1. The molecule has 17 heavy (non-hydrogen) atoms. The van der Waals surface area contributed by atoms with Gasteiger partial charge in [0.15, 0.2) is 0 Å². The van der Waals surface area contributed by atoms with Gasteiger partial charge in [-0.25, -0.2) is 0 Å². The third-order valence-electron chi connectivity index (χ3n) is 2.10. The van der Waals surface area contributed by atoms with Crippen molar-refractivity contribution in [3.05, 3.63) is 24.3 Å². The van der Waals surface area contributed by atoms with Crippen LogP contribution in [0.15, 0.2) is 24.3 Å². The quantitative estimate of drug-likeness (QED) is 0.305. The number of carbonyl (C=O) groups excluding carboxylic acids is 2. The molecule has 0 radical (unpaired) electrons. The highest BCUT2D eigenvalue weighted by Gasteiger charge is 2.00. The van der Waals surface area contributed by atoms with Crippen molar-refractivity contribution in [3.63, 3.8) is 0 Å². The Labute approximate surface area is 103 Å². The Morgan fingerprint density at radius 3 is 2.65 bits per heavy atom. The summed E-state index contributed by atoms with van der Waals surface area (Å²) in [6.07, 6.45) is 11.6. The first-order valence-corrected chi connectivity index (χ1v) is 5.88. The number of amides is 1. The normalized spacial score (nSPS) is 10.9. The van der Waals surface area contributed by atoms with Crippen LogP contribution in [0.5, 0.6) is 0 Å². The molecule has 0 saturated carbocycles. The molecule has 0 aliphatic carbocycles. The lowest BCUT2D eigenvalue weighted by Gasteiger charge is -1.98. The highest BCUT2D eigenvalue weighted by Crippen LogP contribution is 1.99. The second kappa shape index (κ2) is 10.9. The molecule has 0 aromatic heterocycles. The maximum atomic E-state index is 11.2. The fourth-order valence-electron chi connectivity index (χ4n) is 1.12. The molecule has 1 N–H and O–H groups in total. The van der Waals surface area contributed by atoms with E-state index in [4.69, 9.17) is 0 Å². The standard InChI is InChI=1S/C13H21NO3/c1-3-4-5-6-7-8-9-10-12(15)14-11-13(16)17-2/h7-10H,3-6,11H2,1-2H3,(H,14,15)/b8-7+,10-9+. The van der Waals surface area contributed by atoms with Crippen molar-refractivity contribution < 1.29 is 14.3 Å². The lowest BCUT2D eigenvalue weighted by atomic mass is 10.2. The molecule has 4 heteroatoms. The zero-order valence-corrected chi connectivity index (χ0v) is 10.6. The van der Waals surface area contributed by atoms with Crippen LogP contribution < -0.4 is 5.32 Å². The van der Waals surface area contributed by atoms with Gasteiger partial charge in [0.05, 0.1) is 7.11 Å². The monoisotopic (exact) mass is 239 g/mol. The third kappa shape index (κ3) is 10.7. The average molecular weight is 239 g/mol. The molecule has 0 bridgehead atoms. The molecule has 0 unspecified atom stereocenters. The minimum absolute atomic E-state index is 0.0973. The zero-order chi connectivity index (χ0) is 12.9. The number of hydrogen-bond donors (Lipinski definition) is 1. The van der Waals surface area contributed by atoms with Crippen LogP contribution in [0, 0.1) is 0 Å². The number of hydrogen-bond acceptors (Lipinski definition) is 3. The SMILES string of the molecule is CCCCC/C=C/C=C/C(=O)NCC(=O)OC. The second-order valence-corrected chi connectivity index (χ2v) is 3.58. The molecule has 0 spiro atoms. The van der Waals surface area contributed by atoms with Gasteiger partial charge in [-0.3, -0.25) is 9.59 Å². The predicted octanol–water partition coefficient (Wildman–Crippen LogP) is 1.97. The first-order valence-electron chi connectivity index (χ1n) is 5.88. The van der Waals surface area contributed by atoms with Crippen LogP contribution in [0.3, 0.4) is 0 Å².